The molecule has 0 aliphatic heterocycles. The first-order valence-corrected chi connectivity index (χ1v) is 3.74. The fraction of sp³-hybridized carbons (Fsp3) is 0.714. The quantitative estimate of drug-likeness (QED) is 0.634. The molecule has 0 saturated heterocycles. The Bertz CT molecular complexity index is 279. The summed E-state index contributed by atoms with van der Waals surface area (Å²) in [5.74, 6) is 0.795. The summed E-state index contributed by atoms with van der Waals surface area (Å²) in [5.41, 5.74) is -0.373. The molecule has 66 valence electrons. The predicted molar refractivity (Wildman–Crippen MR) is 44.7 cm³/mol. The molecule has 0 aliphatic carbocycles. The number of nitroso groups, excluding NO2 is 1. The minimum absolute atomic E-state index is 0.206. The first kappa shape index (κ1) is 8.83. The van der Waals surface area contributed by atoms with E-state index in [1.807, 2.05) is 20.8 Å². The summed E-state index contributed by atoms with van der Waals surface area (Å²) < 4.78 is 1.70. The van der Waals surface area contributed by atoms with Crippen LogP contribution in [0.3, 0.4) is 0 Å². The van der Waals surface area contributed by atoms with Crippen LogP contribution in [0.4, 0.5) is 0 Å². The molecule has 0 fully saturated rings. The van der Waals surface area contributed by atoms with Crippen molar-refractivity contribution in [2.75, 3.05) is 6.54 Å². The molecule has 0 N–H and O–H groups in total. The fourth-order valence-corrected chi connectivity index (χ4v) is 1.12. The number of hydrogen-bond donors (Lipinski definition) is 0. The number of aromatic nitrogens is 3. The van der Waals surface area contributed by atoms with Gasteiger partial charge in [0, 0.05) is 0 Å². The van der Waals surface area contributed by atoms with E-state index in [4.69, 9.17) is 0 Å². The molecule has 0 radical (unpaired) electrons. The standard InChI is InChI=1S/C7H12N4O/c1-6-8-5-9-11(6)7(2,3)4-10-12/h5H,4H2,1-3H3. The van der Waals surface area contributed by atoms with E-state index in [0.29, 0.717) is 0 Å². The monoisotopic (exact) mass is 168 g/mol. The molecule has 0 saturated carbocycles. The zero-order chi connectivity index (χ0) is 9.19. The summed E-state index contributed by atoms with van der Waals surface area (Å²) in [6.45, 7) is 5.85. The summed E-state index contributed by atoms with van der Waals surface area (Å²) in [7, 11) is 0. The summed E-state index contributed by atoms with van der Waals surface area (Å²) >= 11 is 0. The van der Waals surface area contributed by atoms with Crippen LogP contribution in [0.25, 0.3) is 0 Å². The maximum atomic E-state index is 10.1. The molecule has 0 unspecified atom stereocenters. The molecular weight excluding hydrogens is 156 g/mol. The van der Waals surface area contributed by atoms with Crippen molar-refractivity contribution in [3.8, 4) is 0 Å². The lowest BCUT2D eigenvalue weighted by Crippen LogP contribution is -2.31. The van der Waals surface area contributed by atoms with Gasteiger partial charge in [-0.1, -0.05) is 5.18 Å². The van der Waals surface area contributed by atoms with E-state index < -0.39 is 0 Å². The van der Waals surface area contributed by atoms with E-state index in [1.165, 1.54) is 6.33 Å². The first-order valence-electron chi connectivity index (χ1n) is 3.74. The average molecular weight is 168 g/mol. The highest BCUT2D eigenvalue weighted by Crippen LogP contribution is 2.14. The predicted octanol–water partition coefficient (Wildman–Crippen LogP) is 1.09. The zero-order valence-electron chi connectivity index (χ0n) is 7.48. The van der Waals surface area contributed by atoms with Gasteiger partial charge in [0.05, 0.1) is 5.54 Å². The Kier molecular flexibility index (Phi) is 2.21. The van der Waals surface area contributed by atoms with Gasteiger partial charge < -0.3 is 0 Å². The minimum atomic E-state index is -0.373. The summed E-state index contributed by atoms with van der Waals surface area (Å²) in [4.78, 5) is 14.1. The maximum absolute atomic E-state index is 10.1. The van der Waals surface area contributed by atoms with Gasteiger partial charge in [0.15, 0.2) is 0 Å². The van der Waals surface area contributed by atoms with E-state index in [0.717, 1.165) is 5.82 Å². The number of nitrogens with zero attached hydrogens (tertiary/aromatic N) is 4. The van der Waals surface area contributed by atoms with E-state index >= 15 is 0 Å². The van der Waals surface area contributed by atoms with Crippen molar-refractivity contribution in [2.24, 2.45) is 5.18 Å². The Morgan fingerprint density at radius 2 is 2.33 bits per heavy atom. The second kappa shape index (κ2) is 3.00. The van der Waals surface area contributed by atoms with Crippen LogP contribution in [-0.2, 0) is 5.54 Å². The third-order valence-electron chi connectivity index (χ3n) is 1.74. The first-order chi connectivity index (χ1) is 5.58. The third-order valence-corrected chi connectivity index (χ3v) is 1.74. The molecule has 0 atom stereocenters. The average Bonchev–Trinajstić information content (AvgIpc) is 2.35. The van der Waals surface area contributed by atoms with Crippen LogP contribution in [0, 0.1) is 11.8 Å². The van der Waals surface area contributed by atoms with Crippen LogP contribution in [0.2, 0.25) is 0 Å². The van der Waals surface area contributed by atoms with Crippen LogP contribution >= 0.6 is 0 Å². The Morgan fingerprint density at radius 1 is 1.67 bits per heavy atom. The molecule has 5 nitrogen and oxygen atoms in total. The van der Waals surface area contributed by atoms with Crippen molar-refractivity contribution < 1.29 is 0 Å². The lowest BCUT2D eigenvalue weighted by Gasteiger charge is -2.22. The van der Waals surface area contributed by atoms with E-state index in [9.17, 15) is 4.91 Å². The van der Waals surface area contributed by atoms with Gasteiger partial charge in [0.25, 0.3) is 0 Å². The van der Waals surface area contributed by atoms with Gasteiger partial charge in [-0.3, -0.25) is 0 Å². The normalized spacial score (nSPS) is 11.6. The maximum Gasteiger partial charge on any atom is 0.138 e. The molecular formula is C7H12N4O. The fourth-order valence-electron chi connectivity index (χ4n) is 1.12. The van der Waals surface area contributed by atoms with Crippen molar-refractivity contribution >= 4 is 0 Å². The highest BCUT2D eigenvalue weighted by Gasteiger charge is 2.23. The van der Waals surface area contributed by atoms with Gasteiger partial charge in [0.2, 0.25) is 0 Å². The van der Waals surface area contributed by atoms with Crippen LogP contribution in [0.15, 0.2) is 11.5 Å². The van der Waals surface area contributed by atoms with Gasteiger partial charge in [-0.25, -0.2) is 9.67 Å². The Morgan fingerprint density at radius 3 is 2.75 bits per heavy atom. The largest absolute Gasteiger partial charge is 0.243 e. The highest BCUT2D eigenvalue weighted by molar-refractivity contribution is 4.88. The minimum Gasteiger partial charge on any atom is -0.243 e. The van der Waals surface area contributed by atoms with Crippen LogP contribution in [-0.4, -0.2) is 21.3 Å². The van der Waals surface area contributed by atoms with E-state index in [1.54, 1.807) is 4.68 Å². The molecule has 0 spiro atoms. The van der Waals surface area contributed by atoms with Gasteiger partial charge in [-0.05, 0) is 20.8 Å². The van der Waals surface area contributed by atoms with E-state index in [2.05, 4.69) is 15.3 Å². The summed E-state index contributed by atoms with van der Waals surface area (Å²) in [6.07, 6.45) is 1.47. The van der Waals surface area contributed by atoms with Gasteiger partial charge in [0.1, 0.15) is 18.7 Å². The SMILES string of the molecule is Cc1ncnn1C(C)(C)CN=O. The molecule has 0 aromatic carbocycles. The number of rotatable bonds is 3. The Balaban J connectivity index is 2.96. The molecule has 12 heavy (non-hydrogen) atoms. The van der Waals surface area contributed by atoms with Crippen molar-refractivity contribution in [1.82, 2.24) is 14.8 Å². The van der Waals surface area contributed by atoms with Gasteiger partial charge in [-0.15, -0.1) is 0 Å². The van der Waals surface area contributed by atoms with Crippen LogP contribution in [0.5, 0.6) is 0 Å². The topological polar surface area (TPSA) is 60.1 Å². The molecule has 1 heterocycles. The molecule has 1 rings (SSSR count). The second-order valence-electron chi connectivity index (χ2n) is 3.32. The van der Waals surface area contributed by atoms with Crippen molar-refractivity contribution in [2.45, 2.75) is 26.3 Å². The lowest BCUT2D eigenvalue weighted by molar-refractivity contribution is 0.322. The lowest BCUT2D eigenvalue weighted by atomic mass is 10.1. The molecule has 1 aromatic heterocycles. The van der Waals surface area contributed by atoms with Crippen molar-refractivity contribution in [3.05, 3.63) is 17.1 Å². The smallest absolute Gasteiger partial charge is 0.138 e. The Labute approximate surface area is 70.8 Å². The zero-order valence-corrected chi connectivity index (χ0v) is 7.48. The second-order valence-corrected chi connectivity index (χ2v) is 3.32. The van der Waals surface area contributed by atoms with Crippen LogP contribution < -0.4 is 0 Å². The number of hydrogen-bond acceptors (Lipinski definition) is 4. The molecule has 0 amide bonds. The molecule has 5 heteroatoms. The van der Waals surface area contributed by atoms with E-state index in [-0.39, 0.29) is 12.1 Å². The summed E-state index contributed by atoms with van der Waals surface area (Å²) in [5, 5.41) is 6.88. The summed E-state index contributed by atoms with van der Waals surface area (Å²) in [6, 6.07) is 0. The van der Waals surface area contributed by atoms with Gasteiger partial charge in [-0.2, -0.15) is 10.0 Å². The number of aryl methyl sites for hydroxylation is 1. The van der Waals surface area contributed by atoms with Crippen LogP contribution in [0.1, 0.15) is 19.7 Å². The van der Waals surface area contributed by atoms with Gasteiger partial charge >= 0.3 is 0 Å². The molecule has 0 aliphatic rings. The molecule has 0 bridgehead atoms. The molecule has 1 aromatic rings. The highest BCUT2D eigenvalue weighted by atomic mass is 16.3. The van der Waals surface area contributed by atoms with Crippen molar-refractivity contribution in [3.63, 3.8) is 0 Å². The van der Waals surface area contributed by atoms with Crippen molar-refractivity contribution in [1.29, 1.82) is 0 Å². The third kappa shape index (κ3) is 1.49. The Hall–Kier alpha value is -1.26.